The summed E-state index contributed by atoms with van der Waals surface area (Å²) >= 11 is 0. The van der Waals surface area contributed by atoms with Crippen LogP contribution in [0.2, 0.25) is 0 Å². The lowest BCUT2D eigenvalue weighted by molar-refractivity contribution is 0.0839. The monoisotopic (exact) mass is 274 g/mol. The summed E-state index contributed by atoms with van der Waals surface area (Å²) in [5, 5.41) is 3.69. The van der Waals surface area contributed by atoms with E-state index < -0.39 is 10.8 Å². The highest BCUT2D eigenvalue weighted by molar-refractivity contribution is 7.84. The first-order valence-electron chi connectivity index (χ1n) is 7.12. The Morgan fingerprint density at radius 1 is 1.39 bits per heavy atom. The van der Waals surface area contributed by atoms with Gasteiger partial charge in [-0.25, -0.2) is 0 Å². The lowest BCUT2D eigenvalue weighted by Crippen LogP contribution is -2.60. The second-order valence-corrected chi connectivity index (χ2v) is 8.07. The quantitative estimate of drug-likeness (QED) is 0.830. The molecule has 1 rings (SSSR count). The van der Waals surface area contributed by atoms with Crippen molar-refractivity contribution in [1.29, 1.82) is 0 Å². The molecule has 4 heteroatoms. The minimum Gasteiger partial charge on any atom is -0.311 e. The van der Waals surface area contributed by atoms with E-state index in [2.05, 4.69) is 37.9 Å². The van der Waals surface area contributed by atoms with E-state index in [4.69, 9.17) is 0 Å². The molecule has 0 aromatic rings. The molecule has 0 aromatic heterocycles. The van der Waals surface area contributed by atoms with Crippen LogP contribution in [0.1, 0.15) is 40.5 Å². The molecule has 0 saturated carbocycles. The predicted octanol–water partition coefficient (Wildman–Crippen LogP) is 1.85. The van der Waals surface area contributed by atoms with Crippen molar-refractivity contribution in [2.45, 2.75) is 52.6 Å². The first kappa shape index (κ1) is 16.1. The van der Waals surface area contributed by atoms with Gasteiger partial charge in [0.15, 0.2) is 0 Å². The van der Waals surface area contributed by atoms with Crippen molar-refractivity contribution in [3.63, 3.8) is 0 Å². The lowest BCUT2D eigenvalue weighted by Gasteiger charge is -2.45. The Bertz CT molecular complexity index is 275. The summed E-state index contributed by atoms with van der Waals surface area (Å²) in [6, 6.07) is 1.21. The molecule has 0 spiro atoms. The van der Waals surface area contributed by atoms with Crippen LogP contribution in [0.5, 0.6) is 0 Å². The normalized spacial score (nSPS) is 28.3. The molecule has 0 aliphatic carbocycles. The standard InChI is InChI=1S/C14H30N2OS/c1-6-12-10-15-13(14(2,3)4)11-16(12)8-7-9-18(5)17/h12-13,15H,6-11H2,1-5H3. The van der Waals surface area contributed by atoms with E-state index in [0.29, 0.717) is 17.5 Å². The second-order valence-electron chi connectivity index (χ2n) is 6.51. The number of hydrogen-bond acceptors (Lipinski definition) is 3. The molecule has 1 heterocycles. The molecule has 1 aliphatic heterocycles. The molecule has 0 amide bonds. The number of piperazine rings is 1. The van der Waals surface area contributed by atoms with E-state index in [1.165, 1.54) is 6.42 Å². The van der Waals surface area contributed by atoms with E-state index in [1.807, 2.05) is 0 Å². The summed E-state index contributed by atoms with van der Waals surface area (Å²) in [5.41, 5.74) is 0.310. The Kier molecular flexibility index (Phi) is 6.28. The maximum Gasteiger partial charge on any atom is 0.0244 e. The Hall–Kier alpha value is 0.0700. The van der Waals surface area contributed by atoms with Crippen molar-refractivity contribution < 1.29 is 4.21 Å². The number of hydrogen-bond donors (Lipinski definition) is 1. The zero-order valence-corrected chi connectivity index (χ0v) is 13.5. The zero-order chi connectivity index (χ0) is 13.8. The van der Waals surface area contributed by atoms with E-state index in [9.17, 15) is 4.21 Å². The van der Waals surface area contributed by atoms with Gasteiger partial charge in [0, 0.05) is 48.0 Å². The summed E-state index contributed by atoms with van der Waals surface area (Å²) < 4.78 is 11.1. The fourth-order valence-corrected chi connectivity index (χ4v) is 3.12. The Balaban J connectivity index is 2.51. The van der Waals surface area contributed by atoms with Crippen LogP contribution in [0.3, 0.4) is 0 Å². The molecule has 0 radical (unpaired) electrons. The summed E-state index contributed by atoms with van der Waals surface area (Å²) in [5.74, 6) is 0.834. The Morgan fingerprint density at radius 3 is 2.56 bits per heavy atom. The van der Waals surface area contributed by atoms with Gasteiger partial charge in [-0.15, -0.1) is 0 Å². The lowest BCUT2D eigenvalue weighted by atomic mass is 9.84. The largest absolute Gasteiger partial charge is 0.311 e. The van der Waals surface area contributed by atoms with Gasteiger partial charge < -0.3 is 5.32 Å². The summed E-state index contributed by atoms with van der Waals surface area (Å²) in [4.78, 5) is 2.60. The third-order valence-corrected chi connectivity index (χ3v) is 4.79. The van der Waals surface area contributed by atoms with E-state index in [0.717, 1.165) is 31.8 Å². The highest BCUT2D eigenvalue weighted by Crippen LogP contribution is 2.24. The van der Waals surface area contributed by atoms with E-state index in [1.54, 1.807) is 6.26 Å². The van der Waals surface area contributed by atoms with Crippen molar-refractivity contribution in [1.82, 2.24) is 10.2 Å². The molecule has 0 bridgehead atoms. The van der Waals surface area contributed by atoms with Gasteiger partial charge in [0.2, 0.25) is 0 Å². The number of rotatable bonds is 5. The van der Waals surface area contributed by atoms with Gasteiger partial charge in [0.25, 0.3) is 0 Å². The van der Waals surface area contributed by atoms with Gasteiger partial charge in [0.05, 0.1) is 0 Å². The highest BCUT2D eigenvalue weighted by atomic mass is 32.2. The molecule has 108 valence electrons. The number of nitrogens with one attached hydrogen (secondary N) is 1. The maximum atomic E-state index is 11.1. The van der Waals surface area contributed by atoms with Gasteiger partial charge in [0.1, 0.15) is 0 Å². The molecule has 1 N–H and O–H groups in total. The van der Waals surface area contributed by atoms with E-state index >= 15 is 0 Å². The van der Waals surface area contributed by atoms with Gasteiger partial charge >= 0.3 is 0 Å². The van der Waals surface area contributed by atoms with E-state index in [-0.39, 0.29) is 0 Å². The van der Waals surface area contributed by atoms with Crippen LogP contribution < -0.4 is 5.32 Å². The van der Waals surface area contributed by atoms with Crippen molar-refractivity contribution in [2.24, 2.45) is 5.41 Å². The molecule has 3 unspecified atom stereocenters. The highest BCUT2D eigenvalue weighted by Gasteiger charge is 2.32. The molecule has 3 atom stereocenters. The fraction of sp³-hybridized carbons (Fsp3) is 1.00. The van der Waals surface area contributed by atoms with Crippen molar-refractivity contribution in [2.75, 3.05) is 31.6 Å². The van der Waals surface area contributed by atoms with Crippen LogP contribution in [0, 0.1) is 5.41 Å². The van der Waals surface area contributed by atoms with Crippen LogP contribution in [0.25, 0.3) is 0 Å². The van der Waals surface area contributed by atoms with Crippen LogP contribution in [0.4, 0.5) is 0 Å². The van der Waals surface area contributed by atoms with Crippen molar-refractivity contribution >= 4 is 10.8 Å². The molecule has 1 aliphatic rings. The average molecular weight is 274 g/mol. The van der Waals surface area contributed by atoms with Gasteiger partial charge in [-0.2, -0.15) is 0 Å². The fourth-order valence-electron chi connectivity index (χ4n) is 2.58. The van der Waals surface area contributed by atoms with Gasteiger partial charge in [-0.05, 0) is 24.8 Å². The molecular weight excluding hydrogens is 244 g/mol. The van der Waals surface area contributed by atoms with Gasteiger partial charge in [-0.3, -0.25) is 9.11 Å². The molecular formula is C14H30N2OS. The topological polar surface area (TPSA) is 32.3 Å². The molecule has 18 heavy (non-hydrogen) atoms. The Morgan fingerprint density at radius 2 is 2.06 bits per heavy atom. The third kappa shape index (κ3) is 4.98. The maximum absolute atomic E-state index is 11.1. The molecule has 1 saturated heterocycles. The smallest absolute Gasteiger partial charge is 0.0244 e. The number of nitrogens with zero attached hydrogens (tertiary/aromatic N) is 1. The van der Waals surface area contributed by atoms with Crippen LogP contribution in [-0.4, -0.2) is 52.8 Å². The minimum absolute atomic E-state index is 0.310. The third-order valence-electron chi connectivity index (χ3n) is 3.93. The SMILES string of the molecule is CCC1CNC(C(C)(C)C)CN1CCCS(C)=O. The zero-order valence-electron chi connectivity index (χ0n) is 12.7. The molecule has 0 aromatic carbocycles. The first-order valence-corrected chi connectivity index (χ1v) is 8.84. The minimum atomic E-state index is -0.651. The second kappa shape index (κ2) is 7.01. The van der Waals surface area contributed by atoms with Crippen molar-refractivity contribution in [3.8, 4) is 0 Å². The first-order chi connectivity index (χ1) is 8.34. The summed E-state index contributed by atoms with van der Waals surface area (Å²) in [7, 11) is -0.651. The molecule has 3 nitrogen and oxygen atoms in total. The van der Waals surface area contributed by atoms with Crippen molar-refractivity contribution in [3.05, 3.63) is 0 Å². The van der Waals surface area contributed by atoms with Crippen LogP contribution in [-0.2, 0) is 10.8 Å². The van der Waals surface area contributed by atoms with Crippen LogP contribution >= 0.6 is 0 Å². The molecule has 1 fully saturated rings. The van der Waals surface area contributed by atoms with Crippen LogP contribution in [0.15, 0.2) is 0 Å². The predicted molar refractivity (Wildman–Crippen MR) is 80.4 cm³/mol. The average Bonchev–Trinajstić information content (AvgIpc) is 2.27. The Labute approximate surface area is 115 Å². The van der Waals surface area contributed by atoms with Gasteiger partial charge in [-0.1, -0.05) is 27.7 Å². The summed E-state index contributed by atoms with van der Waals surface area (Å²) in [6.45, 7) is 12.5. The summed E-state index contributed by atoms with van der Waals surface area (Å²) in [6.07, 6.45) is 4.04.